The fourth-order valence-corrected chi connectivity index (χ4v) is 0.658. The monoisotopic (exact) mass is 199 g/mol. The van der Waals surface area contributed by atoms with Crippen LogP contribution in [0.25, 0.3) is 0 Å². The molecule has 0 aromatic heterocycles. The highest BCUT2D eigenvalue weighted by Crippen LogP contribution is 1.99. The average molecular weight is 200 g/mol. The summed E-state index contributed by atoms with van der Waals surface area (Å²) in [6, 6.07) is -0.692. The van der Waals surface area contributed by atoms with Gasteiger partial charge in [0.1, 0.15) is 0 Å². The Morgan fingerprint density at radius 1 is 1.64 bits per heavy atom. The van der Waals surface area contributed by atoms with E-state index in [9.17, 15) is 9.70 Å². The van der Waals surface area contributed by atoms with Crippen LogP contribution in [0.15, 0.2) is 5.29 Å². The highest BCUT2D eigenvalue weighted by molar-refractivity contribution is 6.21. The summed E-state index contributed by atoms with van der Waals surface area (Å²) in [5.41, 5.74) is 0. The topological polar surface area (TPSA) is 53.0 Å². The number of urea groups is 1. The van der Waals surface area contributed by atoms with Crippen molar-refractivity contribution in [1.82, 2.24) is 9.43 Å². The van der Waals surface area contributed by atoms with Crippen LogP contribution in [0.3, 0.4) is 0 Å². The van der Waals surface area contributed by atoms with Crippen LogP contribution in [0.5, 0.6) is 0 Å². The first-order valence-electron chi connectivity index (χ1n) is 2.73. The Bertz CT molecular complexity index is 152. The first-order valence-corrected chi connectivity index (χ1v) is 3.61. The molecule has 64 valence electrons. The maximum Gasteiger partial charge on any atom is 0.357 e. The van der Waals surface area contributed by atoms with Gasteiger partial charge in [0, 0.05) is 24.7 Å². The van der Waals surface area contributed by atoms with Gasteiger partial charge in [-0.3, -0.25) is 0 Å². The van der Waals surface area contributed by atoms with Crippen LogP contribution in [0.4, 0.5) is 4.79 Å². The van der Waals surface area contributed by atoms with Crippen LogP contribution in [0.2, 0.25) is 0 Å². The zero-order valence-electron chi connectivity index (χ0n) is 5.83. The Kier molecular flexibility index (Phi) is 4.89. The lowest BCUT2D eigenvalue weighted by atomic mass is 10.7. The molecular weight excluding hydrogens is 193 g/mol. The third-order valence-electron chi connectivity index (χ3n) is 0.879. The quantitative estimate of drug-likeness (QED) is 0.299. The van der Waals surface area contributed by atoms with E-state index in [1.54, 1.807) is 0 Å². The molecule has 0 rings (SSSR count). The SMILES string of the molecule is CN(Cl)C(=O)N(CCCl)N=O. The van der Waals surface area contributed by atoms with Gasteiger partial charge in [-0.2, -0.15) is 5.01 Å². The normalized spacial score (nSPS) is 9.00. The van der Waals surface area contributed by atoms with Gasteiger partial charge in [0.15, 0.2) is 0 Å². The van der Waals surface area contributed by atoms with Gasteiger partial charge < -0.3 is 0 Å². The molecule has 5 nitrogen and oxygen atoms in total. The van der Waals surface area contributed by atoms with E-state index in [-0.39, 0.29) is 12.4 Å². The van der Waals surface area contributed by atoms with Crippen molar-refractivity contribution >= 4 is 29.4 Å². The molecule has 2 amide bonds. The number of alkyl halides is 1. The number of amides is 2. The van der Waals surface area contributed by atoms with Crippen molar-refractivity contribution in [2.45, 2.75) is 0 Å². The number of hydrogen-bond acceptors (Lipinski definition) is 3. The van der Waals surface area contributed by atoms with E-state index < -0.39 is 6.03 Å². The van der Waals surface area contributed by atoms with Crippen molar-refractivity contribution in [3.63, 3.8) is 0 Å². The van der Waals surface area contributed by atoms with Crippen molar-refractivity contribution in [2.24, 2.45) is 5.29 Å². The Hall–Kier alpha value is -0.550. The fourth-order valence-electron chi connectivity index (χ4n) is 0.411. The van der Waals surface area contributed by atoms with E-state index in [0.29, 0.717) is 5.01 Å². The lowest BCUT2D eigenvalue weighted by Gasteiger charge is -2.14. The maximum absolute atomic E-state index is 10.8. The molecule has 0 aliphatic heterocycles. The van der Waals surface area contributed by atoms with Gasteiger partial charge in [-0.1, -0.05) is 0 Å². The smallest absolute Gasteiger partial charge is 0.245 e. The van der Waals surface area contributed by atoms with Crippen LogP contribution >= 0.6 is 23.4 Å². The summed E-state index contributed by atoms with van der Waals surface area (Å²) in [5.74, 6) is 0.141. The van der Waals surface area contributed by atoms with E-state index in [4.69, 9.17) is 23.4 Å². The minimum absolute atomic E-state index is 0.0565. The number of nitroso groups, excluding NO2 is 1. The molecule has 0 bridgehead atoms. The van der Waals surface area contributed by atoms with Crippen molar-refractivity contribution < 1.29 is 4.79 Å². The maximum atomic E-state index is 10.8. The van der Waals surface area contributed by atoms with Gasteiger partial charge in [-0.15, -0.1) is 16.5 Å². The predicted molar refractivity (Wildman–Crippen MR) is 42.2 cm³/mol. The van der Waals surface area contributed by atoms with E-state index in [2.05, 4.69) is 5.29 Å². The van der Waals surface area contributed by atoms with E-state index in [1.807, 2.05) is 0 Å². The van der Waals surface area contributed by atoms with E-state index in [0.717, 1.165) is 4.42 Å². The third kappa shape index (κ3) is 3.38. The Labute approximate surface area is 73.9 Å². The summed E-state index contributed by atoms with van der Waals surface area (Å²) in [5, 5.41) is 3.06. The van der Waals surface area contributed by atoms with Crippen LogP contribution < -0.4 is 0 Å². The summed E-state index contributed by atoms with van der Waals surface area (Å²) in [6.45, 7) is 0.0565. The number of rotatable bonds is 3. The molecule has 0 fully saturated rings. The molecule has 0 N–H and O–H groups in total. The van der Waals surface area contributed by atoms with Gasteiger partial charge in [0.2, 0.25) is 0 Å². The van der Waals surface area contributed by atoms with Gasteiger partial charge in [-0.25, -0.2) is 9.21 Å². The summed E-state index contributed by atoms with van der Waals surface area (Å²) in [6.07, 6.45) is 0. The summed E-state index contributed by atoms with van der Waals surface area (Å²) in [7, 11) is 1.30. The molecule has 0 aliphatic carbocycles. The van der Waals surface area contributed by atoms with Crippen LogP contribution in [0.1, 0.15) is 0 Å². The molecule has 0 heterocycles. The Morgan fingerprint density at radius 3 is 2.45 bits per heavy atom. The molecular formula is C4H7Cl2N3O2. The van der Waals surface area contributed by atoms with Crippen molar-refractivity contribution in [3.05, 3.63) is 4.91 Å². The molecule has 0 saturated heterocycles. The minimum Gasteiger partial charge on any atom is -0.245 e. The Balaban J connectivity index is 4.02. The first kappa shape index (κ1) is 10.4. The summed E-state index contributed by atoms with van der Waals surface area (Å²) < 4.78 is 0.730. The molecule has 0 radical (unpaired) electrons. The van der Waals surface area contributed by atoms with Crippen molar-refractivity contribution in [1.29, 1.82) is 0 Å². The third-order valence-corrected chi connectivity index (χ3v) is 1.19. The molecule has 0 saturated carbocycles. The number of halogens is 2. The van der Waals surface area contributed by atoms with Gasteiger partial charge in [0.05, 0.1) is 11.8 Å². The molecule has 7 heteroatoms. The van der Waals surface area contributed by atoms with Crippen LogP contribution in [-0.4, -0.2) is 34.9 Å². The van der Waals surface area contributed by atoms with Crippen LogP contribution in [-0.2, 0) is 0 Å². The molecule has 11 heavy (non-hydrogen) atoms. The molecule has 0 aliphatic rings. The second-order valence-electron chi connectivity index (χ2n) is 1.65. The summed E-state index contributed by atoms with van der Waals surface area (Å²) in [4.78, 5) is 20.8. The van der Waals surface area contributed by atoms with Crippen molar-refractivity contribution in [2.75, 3.05) is 19.5 Å². The number of carbonyl (C=O) groups is 1. The first-order chi connectivity index (χ1) is 5.13. The second kappa shape index (κ2) is 5.15. The zero-order valence-corrected chi connectivity index (χ0v) is 7.34. The highest BCUT2D eigenvalue weighted by Gasteiger charge is 2.16. The molecule has 0 aromatic rings. The number of hydrogen-bond donors (Lipinski definition) is 0. The van der Waals surface area contributed by atoms with Gasteiger partial charge >= 0.3 is 6.03 Å². The molecule has 0 spiro atoms. The average Bonchev–Trinajstić information content (AvgIpc) is 1.98. The van der Waals surface area contributed by atoms with E-state index >= 15 is 0 Å². The molecule has 0 aromatic carbocycles. The zero-order chi connectivity index (χ0) is 8.85. The highest BCUT2D eigenvalue weighted by atomic mass is 35.5. The van der Waals surface area contributed by atoms with Gasteiger partial charge in [0.25, 0.3) is 0 Å². The minimum atomic E-state index is -0.692. The second-order valence-corrected chi connectivity index (χ2v) is 2.54. The predicted octanol–water partition coefficient (Wildman–Crippen LogP) is 1.41. The molecule has 0 unspecified atom stereocenters. The largest absolute Gasteiger partial charge is 0.357 e. The lowest BCUT2D eigenvalue weighted by molar-refractivity contribution is 0.188. The lowest BCUT2D eigenvalue weighted by Crippen LogP contribution is -2.33. The standard InChI is InChI=1S/C4H7Cl2N3O2/c1-8(6)4(10)9(7-11)3-2-5/h2-3H2,1H3. The van der Waals surface area contributed by atoms with Crippen LogP contribution in [0, 0.1) is 4.91 Å². The summed E-state index contributed by atoms with van der Waals surface area (Å²) >= 11 is 10.5. The Morgan fingerprint density at radius 2 is 2.18 bits per heavy atom. The number of nitrogens with zero attached hydrogens (tertiary/aromatic N) is 3. The van der Waals surface area contributed by atoms with Gasteiger partial charge in [-0.05, 0) is 0 Å². The fraction of sp³-hybridized carbons (Fsp3) is 0.750. The number of carbonyl (C=O) groups excluding carboxylic acids is 1. The molecule has 0 atom stereocenters. The van der Waals surface area contributed by atoms with E-state index in [1.165, 1.54) is 7.05 Å². The van der Waals surface area contributed by atoms with Crippen molar-refractivity contribution in [3.8, 4) is 0 Å².